The van der Waals surface area contributed by atoms with Crippen LogP contribution in [0.3, 0.4) is 0 Å². The Morgan fingerprint density at radius 2 is 1.90 bits per heavy atom. The van der Waals surface area contributed by atoms with Crippen LogP contribution < -0.4 is 4.74 Å². The fourth-order valence-electron chi connectivity index (χ4n) is 2.26. The molecule has 2 aromatic carbocycles. The summed E-state index contributed by atoms with van der Waals surface area (Å²) in [5, 5.41) is 8.98. The van der Waals surface area contributed by atoms with Crippen LogP contribution >= 0.6 is 0 Å². The van der Waals surface area contributed by atoms with Gasteiger partial charge in [-0.3, -0.25) is 0 Å². The molecule has 4 nitrogen and oxygen atoms in total. The van der Waals surface area contributed by atoms with Gasteiger partial charge < -0.3 is 9.30 Å². The van der Waals surface area contributed by atoms with Crippen LogP contribution in [0.5, 0.6) is 5.75 Å². The highest BCUT2D eigenvalue weighted by molar-refractivity contribution is 5.81. The molecule has 0 radical (unpaired) electrons. The summed E-state index contributed by atoms with van der Waals surface area (Å²) >= 11 is 0. The third-order valence-corrected chi connectivity index (χ3v) is 3.36. The Kier molecular flexibility index (Phi) is 2.88. The molecule has 1 aromatic heterocycles. The van der Waals surface area contributed by atoms with Crippen LogP contribution in [0.25, 0.3) is 22.4 Å². The predicted octanol–water partition coefficient (Wildman–Crippen LogP) is 3.12. The summed E-state index contributed by atoms with van der Waals surface area (Å²) < 4.78 is 7.16. The standard InChI is InChI=1S/C16H13N3O/c1-19-15-9-11(10-17)3-8-14(15)18-16(19)12-4-6-13(20-2)7-5-12/h3-9H,1-2H3. The molecule has 1 heterocycles. The zero-order valence-electron chi connectivity index (χ0n) is 11.3. The number of methoxy groups -OCH3 is 1. The van der Waals surface area contributed by atoms with Crippen molar-refractivity contribution < 1.29 is 4.74 Å². The number of aromatic nitrogens is 2. The lowest BCUT2D eigenvalue weighted by Crippen LogP contribution is -1.92. The van der Waals surface area contributed by atoms with Gasteiger partial charge in [0.15, 0.2) is 0 Å². The summed E-state index contributed by atoms with van der Waals surface area (Å²) in [6, 6.07) is 15.4. The summed E-state index contributed by atoms with van der Waals surface area (Å²) in [4.78, 5) is 4.63. The molecule has 98 valence electrons. The summed E-state index contributed by atoms with van der Waals surface area (Å²) in [6.07, 6.45) is 0. The first-order valence-electron chi connectivity index (χ1n) is 6.24. The normalized spacial score (nSPS) is 10.4. The fourth-order valence-corrected chi connectivity index (χ4v) is 2.26. The predicted molar refractivity (Wildman–Crippen MR) is 77.4 cm³/mol. The summed E-state index contributed by atoms with van der Waals surface area (Å²) in [7, 11) is 3.60. The van der Waals surface area contributed by atoms with Crippen molar-refractivity contribution >= 4 is 11.0 Å². The topological polar surface area (TPSA) is 50.8 Å². The first-order chi connectivity index (χ1) is 9.72. The molecule has 0 atom stereocenters. The van der Waals surface area contributed by atoms with E-state index in [0.717, 1.165) is 28.2 Å². The van der Waals surface area contributed by atoms with E-state index < -0.39 is 0 Å². The molecular weight excluding hydrogens is 250 g/mol. The van der Waals surface area contributed by atoms with Crippen LogP contribution in [0.1, 0.15) is 5.56 Å². The summed E-state index contributed by atoms with van der Waals surface area (Å²) in [6.45, 7) is 0. The molecule has 0 bridgehead atoms. The lowest BCUT2D eigenvalue weighted by Gasteiger charge is -2.04. The second-order valence-corrected chi connectivity index (χ2v) is 4.54. The van der Waals surface area contributed by atoms with E-state index in [9.17, 15) is 0 Å². The number of ether oxygens (including phenoxy) is 1. The maximum Gasteiger partial charge on any atom is 0.140 e. The van der Waals surface area contributed by atoms with Crippen molar-refractivity contribution in [3.05, 3.63) is 48.0 Å². The molecule has 4 heteroatoms. The SMILES string of the molecule is COc1ccc(-c2nc3ccc(C#N)cc3n2C)cc1. The number of benzene rings is 2. The van der Waals surface area contributed by atoms with E-state index in [0.29, 0.717) is 5.56 Å². The number of hydrogen-bond acceptors (Lipinski definition) is 3. The van der Waals surface area contributed by atoms with Gasteiger partial charge in [-0.15, -0.1) is 0 Å². The van der Waals surface area contributed by atoms with Crippen LogP contribution in [-0.4, -0.2) is 16.7 Å². The third kappa shape index (κ3) is 1.90. The van der Waals surface area contributed by atoms with Crippen LogP contribution in [0.15, 0.2) is 42.5 Å². The van der Waals surface area contributed by atoms with Gasteiger partial charge in [-0.25, -0.2) is 4.98 Å². The van der Waals surface area contributed by atoms with Gasteiger partial charge in [0.25, 0.3) is 0 Å². The fraction of sp³-hybridized carbons (Fsp3) is 0.125. The Hall–Kier alpha value is -2.80. The van der Waals surface area contributed by atoms with Gasteiger partial charge in [-0.05, 0) is 42.5 Å². The number of fused-ring (bicyclic) bond motifs is 1. The second kappa shape index (κ2) is 4.71. The van der Waals surface area contributed by atoms with Crippen molar-refractivity contribution in [1.82, 2.24) is 9.55 Å². The van der Waals surface area contributed by atoms with Crippen molar-refractivity contribution in [2.24, 2.45) is 7.05 Å². The average molecular weight is 263 g/mol. The maximum atomic E-state index is 8.98. The van der Waals surface area contributed by atoms with E-state index in [2.05, 4.69) is 11.1 Å². The number of hydrogen-bond donors (Lipinski definition) is 0. The molecule has 0 aliphatic carbocycles. The lowest BCUT2D eigenvalue weighted by atomic mass is 10.2. The molecule has 3 rings (SSSR count). The van der Waals surface area contributed by atoms with Crippen molar-refractivity contribution in [2.75, 3.05) is 7.11 Å². The van der Waals surface area contributed by atoms with Crippen LogP contribution in [-0.2, 0) is 7.05 Å². The van der Waals surface area contributed by atoms with Crippen LogP contribution in [0.4, 0.5) is 0 Å². The molecule has 0 spiro atoms. The van der Waals surface area contributed by atoms with Gasteiger partial charge in [0.1, 0.15) is 11.6 Å². The molecule has 0 aliphatic rings. The highest BCUT2D eigenvalue weighted by Crippen LogP contribution is 2.25. The minimum atomic E-state index is 0.641. The van der Waals surface area contributed by atoms with Gasteiger partial charge in [0.2, 0.25) is 0 Å². The molecule has 3 aromatic rings. The van der Waals surface area contributed by atoms with E-state index >= 15 is 0 Å². The maximum absolute atomic E-state index is 8.98. The highest BCUT2D eigenvalue weighted by Gasteiger charge is 2.10. The van der Waals surface area contributed by atoms with Crippen molar-refractivity contribution in [2.45, 2.75) is 0 Å². The van der Waals surface area contributed by atoms with E-state index in [1.54, 1.807) is 13.2 Å². The number of aryl methyl sites for hydroxylation is 1. The van der Waals surface area contributed by atoms with E-state index in [-0.39, 0.29) is 0 Å². The van der Waals surface area contributed by atoms with Gasteiger partial charge in [-0.1, -0.05) is 0 Å². The van der Waals surface area contributed by atoms with Crippen molar-refractivity contribution in [3.63, 3.8) is 0 Å². The van der Waals surface area contributed by atoms with E-state index in [1.807, 2.05) is 48.0 Å². The minimum absolute atomic E-state index is 0.641. The Labute approximate surface area is 116 Å². The van der Waals surface area contributed by atoms with Gasteiger partial charge in [-0.2, -0.15) is 5.26 Å². The molecule has 0 amide bonds. The Morgan fingerprint density at radius 1 is 1.15 bits per heavy atom. The molecule has 0 saturated heterocycles. The second-order valence-electron chi connectivity index (χ2n) is 4.54. The lowest BCUT2D eigenvalue weighted by molar-refractivity contribution is 0.415. The first-order valence-corrected chi connectivity index (χ1v) is 6.24. The molecule has 0 aliphatic heterocycles. The Morgan fingerprint density at radius 3 is 2.55 bits per heavy atom. The summed E-state index contributed by atoms with van der Waals surface area (Å²) in [5.41, 5.74) is 3.50. The third-order valence-electron chi connectivity index (χ3n) is 3.36. The average Bonchev–Trinajstić information content (AvgIpc) is 2.84. The first kappa shape index (κ1) is 12.2. The molecule has 0 saturated carbocycles. The largest absolute Gasteiger partial charge is 0.497 e. The molecule has 20 heavy (non-hydrogen) atoms. The minimum Gasteiger partial charge on any atom is -0.497 e. The van der Waals surface area contributed by atoms with Gasteiger partial charge >= 0.3 is 0 Å². The number of nitriles is 1. The van der Waals surface area contributed by atoms with E-state index in [4.69, 9.17) is 10.00 Å². The van der Waals surface area contributed by atoms with Crippen LogP contribution in [0.2, 0.25) is 0 Å². The number of rotatable bonds is 2. The zero-order valence-corrected chi connectivity index (χ0v) is 11.3. The smallest absolute Gasteiger partial charge is 0.140 e. The Bertz CT molecular complexity index is 810. The van der Waals surface area contributed by atoms with E-state index in [1.165, 1.54) is 0 Å². The van der Waals surface area contributed by atoms with Gasteiger partial charge in [0.05, 0.1) is 29.8 Å². The monoisotopic (exact) mass is 263 g/mol. The summed E-state index contributed by atoms with van der Waals surface area (Å²) in [5.74, 6) is 1.69. The van der Waals surface area contributed by atoms with Crippen LogP contribution in [0, 0.1) is 11.3 Å². The molecular formula is C16H13N3O. The quantitative estimate of drug-likeness (QED) is 0.713. The number of imidazole rings is 1. The van der Waals surface area contributed by atoms with Crippen molar-refractivity contribution in [1.29, 1.82) is 5.26 Å². The molecule has 0 fully saturated rings. The molecule has 0 unspecified atom stereocenters. The van der Waals surface area contributed by atoms with Crippen molar-refractivity contribution in [3.8, 4) is 23.2 Å². The number of nitrogens with zero attached hydrogens (tertiary/aromatic N) is 3. The Balaban J connectivity index is 2.16. The zero-order chi connectivity index (χ0) is 14.1. The van der Waals surface area contributed by atoms with Gasteiger partial charge in [0, 0.05) is 12.6 Å². The highest BCUT2D eigenvalue weighted by atomic mass is 16.5. The molecule has 0 N–H and O–H groups in total.